The fourth-order valence-corrected chi connectivity index (χ4v) is 2.92. The number of carbonyl (C=O) groups is 1. The largest absolute Gasteiger partial charge is 0.342 e. The first-order valence-corrected chi connectivity index (χ1v) is 6.29. The van der Waals surface area contributed by atoms with Crippen LogP contribution < -0.4 is 5.73 Å². The summed E-state index contributed by atoms with van der Waals surface area (Å²) < 4.78 is 0. The number of nitrogens with zero attached hydrogens (tertiary/aromatic N) is 2. The topological polar surface area (TPSA) is 49.6 Å². The molecular weight excluding hydrogens is 202 g/mol. The molecule has 4 nitrogen and oxygen atoms in total. The highest BCUT2D eigenvalue weighted by Crippen LogP contribution is 2.30. The molecule has 0 saturated carbocycles. The summed E-state index contributed by atoms with van der Waals surface area (Å²) in [6, 6.07) is 0.300. The molecule has 0 aromatic carbocycles. The van der Waals surface area contributed by atoms with E-state index in [4.69, 9.17) is 5.73 Å². The maximum absolute atomic E-state index is 11.3. The highest BCUT2D eigenvalue weighted by Gasteiger charge is 2.40. The molecule has 2 heterocycles. The number of rotatable bonds is 3. The van der Waals surface area contributed by atoms with Crippen molar-refractivity contribution in [3.8, 4) is 0 Å². The quantitative estimate of drug-likeness (QED) is 0.743. The fraction of sp³-hybridized carbons (Fsp3) is 0.917. The molecule has 2 rings (SSSR count). The predicted molar refractivity (Wildman–Crippen MR) is 63.9 cm³/mol. The van der Waals surface area contributed by atoms with Crippen LogP contribution in [0.4, 0.5) is 0 Å². The average Bonchev–Trinajstić information content (AvgIpc) is 2.70. The second-order valence-electron chi connectivity index (χ2n) is 5.47. The van der Waals surface area contributed by atoms with Crippen LogP contribution in [-0.2, 0) is 4.79 Å². The van der Waals surface area contributed by atoms with Gasteiger partial charge in [-0.1, -0.05) is 0 Å². The standard InChI is InChI=1S/C12H23N3O/c1-9(13)3-4-14-5-11-7-15(10(2)16)8-12(11)6-14/h9,11-12H,3-8,13H2,1-2H3/t9-,11-,12+/m1/s1. The van der Waals surface area contributed by atoms with Gasteiger partial charge in [0.25, 0.3) is 0 Å². The van der Waals surface area contributed by atoms with Crippen molar-refractivity contribution < 1.29 is 4.79 Å². The molecule has 92 valence electrons. The highest BCUT2D eigenvalue weighted by atomic mass is 16.2. The summed E-state index contributed by atoms with van der Waals surface area (Å²) in [6.45, 7) is 9.10. The fourth-order valence-electron chi connectivity index (χ4n) is 2.92. The van der Waals surface area contributed by atoms with Gasteiger partial charge < -0.3 is 15.5 Å². The van der Waals surface area contributed by atoms with E-state index in [1.54, 1.807) is 6.92 Å². The van der Waals surface area contributed by atoms with Crippen LogP contribution in [0.1, 0.15) is 20.3 Å². The summed E-state index contributed by atoms with van der Waals surface area (Å²) in [4.78, 5) is 15.8. The van der Waals surface area contributed by atoms with Gasteiger partial charge in [0.2, 0.25) is 5.91 Å². The third-order valence-electron chi connectivity index (χ3n) is 3.91. The normalized spacial score (nSPS) is 31.8. The van der Waals surface area contributed by atoms with E-state index < -0.39 is 0 Å². The van der Waals surface area contributed by atoms with Crippen molar-refractivity contribution >= 4 is 5.91 Å². The molecule has 0 aliphatic carbocycles. The molecule has 3 atom stereocenters. The summed E-state index contributed by atoms with van der Waals surface area (Å²) in [5.41, 5.74) is 5.77. The minimum atomic E-state index is 0.233. The summed E-state index contributed by atoms with van der Waals surface area (Å²) >= 11 is 0. The molecule has 2 aliphatic heterocycles. The van der Waals surface area contributed by atoms with Crippen molar-refractivity contribution in [2.24, 2.45) is 17.6 Å². The van der Waals surface area contributed by atoms with Gasteiger partial charge in [-0.2, -0.15) is 0 Å². The van der Waals surface area contributed by atoms with E-state index in [1.807, 2.05) is 4.90 Å². The Hall–Kier alpha value is -0.610. The third kappa shape index (κ3) is 2.55. The zero-order valence-electron chi connectivity index (χ0n) is 10.4. The van der Waals surface area contributed by atoms with E-state index in [2.05, 4.69) is 11.8 Å². The van der Waals surface area contributed by atoms with E-state index in [9.17, 15) is 4.79 Å². The second-order valence-corrected chi connectivity index (χ2v) is 5.47. The molecule has 16 heavy (non-hydrogen) atoms. The molecule has 2 saturated heterocycles. The Bertz CT molecular complexity index is 253. The van der Waals surface area contributed by atoms with E-state index in [1.165, 1.54) is 0 Å². The minimum Gasteiger partial charge on any atom is -0.342 e. The van der Waals surface area contributed by atoms with E-state index in [0.29, 0.717) is 17.9 Å². The number of carbonyl (C=O) groups excluding carboxylic acids is 1. The lowest BCUT2D eigenvalue weighted by atomic mass is 10.0. The SMILES string of the molecule is CC(=O)N1C[C@H]2CN(CC[C@@H](C)N)C[C@H]2C1. The molecular formula is C12H23N3O. The predicted octanol–water partition coefficient (Wildman–Crippen LogP) is 0.134. The Kier molecular flexibility index (Phi) is 3.50. The first-order valence-electron chi connectivity index (χ1n) is 6.29. The van der Waals surface area contributed by atoms with Gasteiger partial charge in [0, 0.05) is 39.1 Å². The molecule has 2 fully saturated rings. The maximum atomic E-state index is 11.3. The number of hydrogen-bond donors (Lipinski definition) is 1. The molecule has 0 spiro atoms. The first-order chi connectivity index (χ1) is 7.56. The van der Waals surface area contributed by atoms with Crippen LogP contribution in [-0.4, -0.2) is 54.5 Å². The Morgan fingerprint density at radius 3 is 2.31 bits per heavy atom. The van der Waals surface area contributed by atoms with E-state index in [-0.39, 0.29) is 5.91 Å². The van der Waals surface area contributed by atoms with Crippen LogP contribution >= 0.6 is 0 Å². The van der Waals surface area contributed by atoms with Gasteiger partial charge in [0.05, 0.1) is 0 Å². The zero-order chi connectivity index (χ0) is 11.7. The Labute approximate surface area is 97.8 Å². The summed E-state index contributed by atoms with van der Waals surface area (Å²) in [5.74, 6) is 1.64. The van der Waals surface area contributed by atoms with Crippen LogP contribution in [0.5, 0.6) is 0 Å². The van der Waals surface area contributed by atoms with Crippen molar-refractivity contribution in [2.75, 3.05) is 32.7 Å². The summed E-state index contributed by atoms with van der Waals surface area (Å²) in [7, 11) is 0. The first kappa shape index (κ1) is 11.9. The van der Waals surface area contributed by atoms with Gasteiger partial charge >= 0.3 is 0 Å². The number of nitrogens with two attached hydrogens (primary N) is 1. The highest BCUT2D eigenvalue weighted by molar-refractivity contribution is 5.73. The zero-order valence-corrected chi connectivity index (χ0v) is 10.4. The molecule has 1 amide bonds. The average molecular weight is 225 g/mol. The molecule has 0 unspecified atom stereocenters. The van der Waals surface area contributed by atoms with Crippen LogP contribution in [0, 0.1) is 11.8 Å². The van der Waals surface area contributed by atoms with Gasteiger partial charge in [-0.15, -0.1) is 0 Å². The van der Waals surface area contributed by atoms with Gasteiger partial charge in [0.1, 0.15) is 0 Å². The molecule has 4 heteroatoms. The molecule has 0 bridgehead atoms. The van der Waals surface area contributed by atoms with Crippen molar-refractivity contribution in [1.29, 1.82) is 0 Å². The smallest absolute Gasteiger partial charge is 0.219 e. The lowest BCUT2D eigenvalue weighted by Gasteiger charge is -2.21. The van der Waals surface area contributed by atoms with Crippen molar-refractivity contribution in [3.63, 3.8) is 0 Å². The number of fused-ring (bicyclic) bond motifs is 1. The number of likely N-dealkylation sites (tertiary alicyclic amines) is 2. The molecule has 0 aromatic rings. The van der Waals surface area contributed by atoms with Gasteiger partial charge in [-0.3, -0.25) is 4.79 Å². The van der Waals surface area contributed by atoms with Crippen LogP contribution in [0.15, 0.2) is 0 Å². The lowest BCUT2D eigenvalue weighted by molar-refractivity contribution is -0.128. The van der Waals surface area contributed by atoms with Crippen molar-refractivity contribution in [1.82, 2.24) is 9.80 Å². The van der Waals surface area contributed by atoms with E-state index >= 15 is 0 Å². The van der Waals surface area contributed by atoms with Crippen LogP contribution in [0.25, 0.3) is 0 Å². The van der Waals surface area contributed by atoms with Crippen LogP contribution in [0.3, 0.4) is 0 Å². The van der Waals surface area contributed by atoms with Gasteiger partial charge in [0.15, 0.2) is 0 Å². The Morgan fingerprint density at radius 1 is 1.31 bits per heavy atom. The number of amides is 1. The molecule has 0 aromatic heterocycles. The Balaban J connectivity index is 1.77. The molecule has 2 aliphatic rings. The van der Waals surface area contributed by atoms with Crippen molar-refractivity contribution in [2.45, 2.75) is 26.3 Å². The monoisotopic (exact) mass is 225 g/mol. The molecule has 0 radical (unpaired) electrons. The minimum absolute atomic E-state index is 0.233. The lowest BCUT2D eigenvalue weighted by Crippen LogP contribution is -2.33. The number of hydrogen-bond acceptors (Lipinski definition) is 3. The maximum Gasteiger partial charge on any atom is 0.219 e. The summed E-state index contributed by atoms with van der Waals surface area (Å²) in [6.07, 6.45) is 1.08. The third-order valence-corrected chi connectivity index (χ3v) is 3.91. The summed E-state index contributed by atoms with van der Waals surface area (Å²) in [5, 5.41) is 0. The van der Waals surface area contributed by atoms with Gasteiger partial charge in [-0.25, -0.2) is 0 Å². The molecule has 2 N–H and O–H groups in total. The van der Waals surface area contributed by atoms with Gasteiger partial charge in [-0.05, 0) is 31.7 Å². The second kappa shape index (κ2) is 4.72. The Morgan fingerprint density at radius 2 is 1.88 bits per heavy atom. The van der Waals surface area contributed by atoms with Crippen molar-refractivity contribution in [3.05, 3.63) is 0 Å². The van der Waals surface area contributed by atoms with Crippen LogP contribution in [0.2, 0.25) is 0 Å². The van der Waals surface area contributed by atoms with E-state index in [0.717, 1.165) is 39.1 Å².